The van der Waals surface area contributed by atoms with Crippen LogP contribution in [0.3, 0.4) is 0 Å². The van der Waals surface area contributed by atoms with E-state index < -0.39 is 5.97 Å². The molecule has 0 unspecified atom stereocenters. The number of benzene rings is 2. The van der Waals surface area contributed by atoms with Gasteiger partial charge in [0.25, 0.3) is 0 Å². The monoisotopic (exact) mass is 307 g/mol. The van der Waals surface area contributed by atoms with Crippen LogP contribution in [0.25, 0.3) is 16.7 Å². The van der Waals surface area contributed by atoms with Gasteiger partial charge < -0.3 is 4.74 Å². The quantitative estimate of drug-likeness (QED) is 0.399. The third-order valence-electron chi connectivity index (χ3n) is 3.48. The van der Waals surface area contributed by atoms with Crippen molar-refractivity contribution < 1.29 is 9.53 Å². The molecule has 0 N–H and O–H groups in total. The van der Waals surface area contributed by atoms with E-state index in [1.54, 1.807) is 4.80 Å². The molecule has 0 bridgehead atoms. The van der Waals surface area contributed by atoms with E-state index in [-0.39, 0.29) is 0 Å². The Hall–Kier alpha value is -2.95. The van der Waals surface area contributed by atoms with Crippen LogP contribution in [0.5, 0.6) is 0 Å². The van der Waals surface area contributed by atoms with Crippen molar-refractivity contribution in [3.8, 4) is 5.69 Å². The molecule has 1 aromatic heterocycles. The first-order valence-electron chi connectivity index (χ1n) is 7.47. The van der Waals surface area contributed by atoms with Gasteiger partial charge in [0.2, 0.25) is 0 Å². The van der Waals surface area contributed by atoms with E-state index in [1.807, 2.05) is 48.5 Å². The molecule has 1 heterocycles. The lowest BCUT2D eigenvalue weighted by atomic mass is 10.1. The summed E-state index contributed by atoms with van der Waals surface area (Å²) in [6.45, 7) is 3.74. The Kier molecular flexibility index (Phi) is 4.47. The minimum Gasteiger partial charge on any atom is -0.463 e. The van der Waals surface area contributed by atoms with Gasteiger partial charge in [0, 0.05) is 6.08 Å². The number of esters is 1. The van der Waals surface area contributed by atoms with Gasteiger partial charge in [0.1, 0.15) is 11.0 Å². The van der Waals surface area contributed by atoms with Crippen LogP contribution in [-0.4, -0.2) is 27.6 Å². The topological polar surface area (TPSA) is 57.0 Å². The van der Waals surface area contributed by atoms with Crippen LogP contribution in [0.2, 0.25) is 0 Å². The lowest BCUT2D eigenvalue weighted by Crippen LogP contribution is -2.03. The molecule has 0 saturated carbocycles. The number of aromatic nitrogens is 3. The molecule has 0 aliphatic rings. The van der Waals surface area contributed by atoms with Gasteiger partial charge in [0.05, 0.1) is 12.3 Å². The molecule has 0 aliphatic heterocycles. The predicted octanol–water partition coefficient (Wildman–Crippen LogP) is 3.08. The van der Waals surface area contributed by atoms with Crippen molar-refractivity contribution in [2.75, 3.05) is 6.61 Å². The fourth-order valence-corrected chi connectivity index (χ4v) is 2.37. The summed E-state index contributed by atoms with van der Waals surface area (Å²) in [6, 6.07) is 15.8. The van der Waals surface area contributed by atoms with E-state index in [9.17, 15) is 4.79 Å². The molecule has 3 aromatic rings. The van der Waals surface area contributed by atoms with Gasteiger partial charge in [-0.3, -0.25) is 0 Å². The van der Waals surface area contributed by atoms with Crippen molar-refractivity contribution in [1.29, 1.82) is 0 Å². The molecule has 2 aromatic carbocycles. The number of fused-ring (bicyclic) bond motifs is 1. The van der Waals surface area contributed by atoms with Crippen LogP contribution >= 0.6 is 0 Å². The molecule has 0 amide bonds. The maximum absolute atomic E-state index is 11.0. The average Bonchev–Trinajstić information content (AvgIpc) is 3.04. The zero-order chi connectivity index (χ0) is 16.1. The van der Waals surface area contributed by atoms with Gasteiger partial charge in [-0.25, -0.2) is 4.79 Å². The lowest BCUT2D eigenvalue weighted by molar-refractivity contribution is -0.137. The van der Waals surface area contributed by atoms with Gasteiger partial charge in [-0.15, -0.1) is 10.2 Å². The second-order valence-electron chi connectivity index (χ2n) is 5.09. The molecule has 5 heteroatoms. The molecule has 0 saturated heterocycles. The Labute approximate surface area is 134 Å². The summed E-state index contributed by atoms with van der Waals surface area (Å²) in [5.74, 6) is -0.391. The van der Waals surface area contributed by atoms with Crippen LogP contribution < -0.4 is 0 Å². The highest BCUT2D eigenvalue weighted by atomic mass is 16.5. The largest absolute Gasteiger partial charge is 0.463 e. The Balaban J connectivity index is 1.77. The van der Waals surface area contributed by atoms with Gasteiger partial charge in [0.15, 0.2) is 0 Å². The second-order valence-corrected chi connectivity index (χ2v) is 5.09. The first-order chi connectivity index (χ1) is 11.3. The fraction of sp³-hybridized carbons (Fsp3) is 0.167. The molecule has 3 rings (SSSR count). The smallest absolute Gasteiger partial charge is 0.330 e. The third kappa shape index (κ3) is 3.45. The van der Waals surface area contributed by atoms with Crippen molar-refractivity contribution in [2.24, 2.45) is 0 Å². The van der Waals surface area contributed by atoms with Crippen LogP contribution in [0, 0.1) is 0 Å². The maximum atomic E-state index is 11.0. The van der Waals surface area contributed by atoms with Gasteiger partial charge in [-0.2, -0.15) is 4.80 Å². The van der Waals surface area contributed by atoms with Crippen LogP contribution in [0.4, 0.5) is 0 Å². The van der Waals surface area contributed by atoms with Crippen molar-refractivity contribution in [1.82, 2.24) is 15.0 Å². The molecule has 116 valence electrons. The molecule has 0 radical (unpaired) electrons. The minimum absolute atomic E-state index is 0.369. The van der Waals surface area contributed by atoms with E-state index in [0.717, 1.165) is 35.1 Å². The summed E-state index contributed by atoms with van der Waals surface area (Å²) >= 11 is 0. The van der Waals surface area contributed by atoms with E-state index in [4.69, 9.17) is 4.74 Å². The number of rotatable bonds is 6. The van der Waals surface area contributed by atoms with Gasteiger partial charge in [-0.05, 0) is 36.6 Å². The third-order valence-corrected chi connectivity index (χ3v) is 3.48. The van der Waals surface area contributed by atoms with Crippen molar-refractivity contribution in [2.45, 2.75) is 12.8 Å². The number of nitrogens with zero attached hydrogens (tertiary/aromatic N) is 3. The number of ether oxygens (including phenoxy) is 1. The normalized spacial score (nSPS) is 10.6. The summed E-state index contributed by atoms with van der Waals surface area (Å²) in [5.41, 5.74) is 3.76. The standard InChI is InChI=1S/C18H17N3O2/c1-2-17(22)23-13-7-9-14-8-6-12-16-18(14)20-21(19-16)15-10-4-3-5-11-15/h2-6,8,10-12H,1,7,9,13H2. The maximum Gasteiger partial charge on any atom is 0.330 e. The Morgan fingerprint density at radius 1 is 1.13 bits per heavy atom. The van der Waals surface area contributed by atoms with Crippen LogP contribution in [0.15, 0.2) is 61.2 Å². The van der Waals surface area contributed by atoms with E-state index in [0.29, 0.717) is 6.61 Å². The highest BCUT2D eigenvalue weighted by Gasteiger charge is 2.08. The molecule has 0 fully saturated rings. The average molecular weight is 307 g/mol. The molecule has 0 atom stereocenters. The SMILES string of the molecule is C=CC(=O)OCCCc1cccc2nn(-c3ccccc3)nc12. The zero-order valence-electron chi connectivity index (χ0n) is 12.7. The van der Waals surface area contributed by atoms with Crippen molar-refractivity contribution in [3.63, 3.8) is 0 Å². The number of hydrogen-bond donors (Lipinski definition) is 0. The Bertz CT molecular complexity index is 825. The van der Waals surface area contributed by atoms with Crippen molar-refractivity contribution >= 4 is 17.0 Å². The molecule has 0 aliphatic carbocycles. The number of para-hydroxylation sites is 1. The number of aryl methyl sites for hydroxylation is 1. The summed E-state index contributed by atoms with van der Waals surface area (Å²) in [5, 5.41) is 9.11. The van der Waals surface area contributed by atoms with Crippen LogP contribution in [-0.2, 0) is 16.0 Å². The highest BCUT2D eigenvalue weighted by Crippen LogP contribution is 2.18. The number of carbonyl (C=O) groups is 1. The second kappa shape index (κ2) is 6.87. The molecule has 0 spiro atoms. The first kappa shape index (κ1) is 15.0. The van der Waals surface area contributed by atoms with Gasteiger partial charge in [-0.1, -0.05) is 36.9 Å². The summed E-state index contributed by atoms with van der Waals surface area (Å²) < 4.78 is 5.00. The van der Waals surface area contributed by atoms with Crippen molar-refractivity contribution in [3.05, 3.63) is 66.7 Å². The summed E-state index contributed by atoms with van der Waals surface area (Å²) in [7, 11) is 0. The Morgan fingerprint density at radius 2 is 1.96 bits per heavy atom. The Morgan fingerprint density at radius 3 is 2.74 bits per heavy atom. The minimum atomic E-state index is -0.391. The molecular weight excluding hydrogens is 290 g/mol. The zero-order valence-corrected chi connectivity index (χ0v) is 12.7. The predicted molar refractivity (Wildman–Crippen MR) is 88.3 cm³/mol. The van der Waals surface area contributed by atoms with E-state index in [2.05, 4.69) is 16.8 Å². The number of carbonyl (C=O) groups excluding carboxylic acids is 1. The molecule has 23 heavy (non-hydrogen) atoms. The fourth-order valence-electron chi connectivity index (χ4n) is 2.37. The molecule has 5 nitrogen and oxygen atoms in total. The van der Waals surface area contributed by atoms with Crippen LogP contribution in [0.1, 0.15) is 12.0 Å². The number of hydrogen-bond acceptors (Lipinski definition) is 4. The van der Waals surface area contributed by atoms with Gasteiger partial charge >= 0.3 is 5.97 Å². The summed E-state index contributed by atoms with van der Waals surface area (Å²) in [6.07, 6.45) is 2.68. The van der Waals surface area contributed by atoms with E-state index in [1.165, 1.54) is 6.08 Å². The molecular formula is C18H17N3O2. The summed E-state index contributed by atoms with van der Waals surface area (Å²) in [4.78, 5) is 12.7. The lowest BCUT2D eigenvalue weighted by Gasteiger charge is -2.03. The van der Waals surface area contributed by atoms with E-state index >= 15 is 0 Å². The first-order valence-corrected chi connectivity index (χ1v) is 7.47. The highest BCUT2D eigenvalue weighted by molar-refractivity contribution is 5.81.